The lowest BCUT2D eigenvalue weighted by molar-refractivity contribution is -0.274. The second kappa shape index (κ2) is 7.06. The average molecular weight is 352 g/mol. The van der Waals surface area contributed by atoms with Crippen molar-refractivity contribution < 1.29 is 27.4 Å². The summed E-state index contributed by atoms with van der Waals surface area (Å²) in [5, 5.41) is 0. The van der Waals surface area contributed by atoms with Crippen molar-refractivity contribution in [2.45, 2.75) is 37.5 Å². The van der Waals surface area contributed by atoms with Crippen molar-refractivity contribution in [3.8, 4) is 5.75 Å². The van der Waals surface area contributed by atoms with Crippen LogP contribution in [0.4, 0.5) is 13.2 Å². The maximum absolute atomic E-state index is 12.2. The number of hydrogen-bond donors (Lipinski definition) is 0. The molecule has 0 aliphatic heterocycles. The van der Waals surface area contributed by atoms with E-state index in [2.05, 4.69) is 4.74 Å². The van der Waals surface area contributed by atoms with Crippen LogP contribution >= 0.6 is 0 Å². The first-order valence-electron chi connectivity index (χ1n) is 7.97. The summed E-state index contributed by atoms with van der Waals surface area (Å²) in [6, 6.07) is 15.7. The molecule has 1 aliphatic rings. The van der Waals surface area contributed by atoms with Crippen molar-refractivity contribution in [2.24, 2.45) is 0 Å². The molecule has 0 unspecified atom stereocenters. The first-order chi connectivity index (χ1) is 11.9. The van der Waals surface area contributed by atoms with Crippen LogP contribution in [0.25, 0.3) is 0 Å². The van der Waals surface area contributed by atoms with Crippen molar-refractivity contribution >= 4 is 0 Å². The minimum absolute atomic E-state index is 0.0613. The van der Waals surface area contributed by atoms with Crippen LogP contribution in [0.1, 0.15) is 24.0 Å². The summed E-state index contributed by atoms with van der Waals surface area (Å²) in [7, 11) is 1.60. The standard InChI is InChI=1S/C19H19F3O3/c1-23-18(15-7-9-16(10-8-15)25-19(20,21)22)11-17(12-18)24-13-14-5-3-2-4-6-14/h2-10,17H,11-13H2,1H3. The van der Waals surface area contributed by atoms with Crippen molar-refractivity contribution in [1.29, 1.82) is 0 Å². The molecule has 1 saturated carbocycles. The van der Waals surface area contributed by atoms with Crippen LogP contribution in [0.5, 0.6) is 5.75 Å². The zero-order valence-electron chi connectivity index (χ0n) is 13.8. The number of ether oxygens (including phenoxy) is 3. The van der Waals surface area contributed by atoms with Gasteiger partial charge in [0, 0.05) is 20.0 Å². The van der Waals surface area contributed by atoms with E-state index in [0.717, 1.165) is 11.1 Å². The Balaban J connectivity index is 1.58. The minimum Gasteiger partial charge on any atom is -0.406 e. The van der Waals surface area contributed by atoms with Crippen LogP contribution in [-0.4, -0.2) is 19.6 Å². The molecule has 0 saturated heterocycles. The fourth-order valence-electron chi connectivity index (χ4n) is 3.06. The molecule has 134 valence electrons. The van der Waals surface area contributed by atoms with Crippen LogP contribution in [0, 0.1) is 0 Å². The van der Waals surface area contributed by atoms with Gasteiger partial charge < -0.3 is 14.2 Å². The van der Waals surface area contributed by atoms with Gasteiger partial charge in [-0.25, -0.2) is 0 Å². The van der Waals surface area contributed by atoms with Crippen LogP contribution in [0.2, 0.25) is 0 Å². The largest absolute Gasteiger partial charge is 0.573 e. The third kappa shape index (κ3) is 4.32. The smallest absolute Gasteiger partial charge is 0.406 e. The normalized spacial score (nSPS) is 23.1. The first kappa shape index (κ1) is 17.8. The van der Waals surface area contributed by atoms with Gasteiger partial charge in [0.1, 0.15) is 5.75 Å². The Morgan fingerprint density at radius 1 is 1.00 bits per heavy atom. The lowest BCUT2D eigenvalue weighted by Gasteiger charge is -2.46. The zero-order valence-corrected chi connectivity index (χ0v) is 13.8. The minimum atomic E-state index is -4.69. The molecule has 0 spiro atoms. The zero-order chi connectivity index (χ0) is 17.9. The highest BCUT2D eigenvalue weighted by atomic mass is 19.4. The molecule has 1 fully saturated rings. The van der Waals surface area contributed by atoms with Crippen molar-refractivity contribution in [2.75, 3.05) is 7.11 Å². The van der Waals surface area contributed by atoms with Gasteiger partial charge in [-0.05, 0) is 23.3 Å². The molecule has 0 N–H and O–H groups in total. The number of benzene rings is 2. The maximum Gasteiger partial charge on any atom is 0.573 e. The predicted molar refractivity (Wildman–Crippen MR) is 86.1 cm³/mol. The van der Waals surface area contributed by atoms with E-state index in [1.54, 1.807) is 19.2 Å². The highest BCUT2D eigenvalue weighted by molar-refractivity contribution is 5.33. The average Bonchev–Trinajstić information content (AvgIpc) is 2.55. The van der Waals surface area contributed by atoms with Gasteiger partial charge in [-0.3, -0.25) is 0 Å². The van der Waals surface area contributed by atoms with Crippen molar-refractivity contribution in [3.05, 3.63) is 65.7 Å². The Hall–Kier alpha value is -2.05. The van der Waals surface area contributed by atoms with E-state index in [0.29, 0.717) is 19.4 Å². The molecule has 2 aromatic carbocycles. The molecule has 0 atom stereocenters. The Kier molecular flexibility index (Phi) is 5.01. The Labute approximate surface area is 144 Å². The second-order valence-corrected chi connectivity index (χ2v) is 6.10. The van der Waals surface area contributed by atoms with E-state index in [-0.39, 0.29) is 11.9 Å². The molecule has 1 aliphatic carbocycles. The highest BCUT2D eigenvalue weighted by Crippen LogP contribution is 2.46. The molecular weight excluding hydrogens is 333 g/mol. The molecule has 3 nitrogen and oxygen atoms in total. The van der Waals surface area contributed by atoms with Gasteiger partial charge >= 0.3 is 6.36 Å². The Morgan fingerprint density at radius 3 is 2.20 bits per heavy atom. The van der Waals surface area contributed by atoms with Gasteiger partial charge in [0.05, 0.1) is 18.3 Å². The molecule has 0 radical (unpaired) electrons. The lowest BCUT2D eigenvalue weighted by atomic mass is 9.72. The molecule has 0 amide bonds. The predicted octanol–water partition coefficient (Wildman–Crippen LogP) is 4.81. The van der Waals surface area contributed by atoms with Crippen molar-refractivity contribution in [3.63, 3.8) is 0 Å². The Bertz CT molecular complexity index is 677. The number of rotatable bonds is 6. The monoisotopic (exact) mass is 352 g/mol. The van der Waals surface area contributed by atoms with E-state index >= 15 is 0 Å². The van der Waals surface area contributed by atoms with E-state index in [1.807, 2.05) is 30.3 Å². The molecule has 2 aromatic rings. The molecule has 0 heterocycles. The molecule has 0 aromatic heterocycles. The Morgan fingerprint density at radius 2 is 1.64 bits per heavy atom. The number of halogens is 3. The van der Waals surface area contributed by atoms with Gasteiger partial charge in [-0.2, -0.15) is 0 Å². The second-order valence-electron chi connectivity index (χ2n) is 6.10. The molecule has 6 heteroatoms. The fourth-order valence-corrected chi connectivity index (χ4v) is 3.06. The quantitative estimate of drug-likeness (QED) is 0.747. The summed E-state index contributed by atoms with van der Waals surface area (Å²) in [5.41, 5.74) is 1.41. The van der Waals surface area contributed by atoms with Gasteiger partial charge in [0.25, 0.3) is 0 Å². The molecule has 25 heavy (non-hydrogen) atoms. The van der Waals surface area contributed by atoms with Crippen LogP contribution in [-0.2, 0) is 21.7 Å². The third-order valence-electron chi connectivity index (χ3n) is 4.45. The lowest BCUT2D eigenvalue weighted by Crippen LogP contribution is -2.47. The summed E-state index contributed by atoms with van der Waals surface area (Å²) >= 11 is 0. The van der Waals surface area contributed by atoms with E-state index in [1.165, 1.54) is 12.1 Å². The summed E-state index contributed by atoms with van der Waals surface area (Å²) in [5.74, 6) is -0.237. The van der Waals surface area contributed by atoms with E-state index < -0.39 is 12.0 Å². The van der Waals surface area contributed by atoms with Gasteiger partial charge in [-0.1, -0.05) is 42.5 Å². The van der Waals surface area contributed by atoms with E-state index in [4.69, 9.17) is 9.47 Å². The number of methoxy groups -OCH3 is 1. The number of alkyl halides is 3. The van der Waals surface area contributed by atoms with Crippen LogP contribution in [0.3, 0.4) is 0 Å². The highest BCUT2D eigenvalue weighted by Gasteiger charge is 2.46. The maximum atomic E-state index is 12.2. The van der Waals surface area contributed by atoms with Gasteiger partial charge in [0.15, 0.2) is 0 Å². The SMILES string of the molecule is COC1(c2ccc(OC(F)(F)F)cc2)CC(OCc2ccccc2)C1. The van der Waals surface area contributed by atoms with Crippen LogP contribution < -0.4 is 4.74 Å². The molecule has 0 bridgehead atoms. The van der Waals surface area contributed by atoms with E-state index in [9.17, 15) is 13.2 Å². The van der Waals surface area contributed by atoms with Crippen molar-refractivity contribution in [1.82, 2.24) is 0 Å². The summed E-state index contributed by atoms with van der Waals surface area (Å²) < 4.78 is 52.1. The topological polar surface area (TPSA) is 27.7 Å². The third-order valence-corrected chi connectivity index (χ3v) is 4.45. The summed E-state index contributed by atoms with van der Waals surface area (Å²) in [6.45, 7) is 0.531. The first-order valence-corrected chi connectivity index (χ1v) is 7.97. The van der Waals surface area contributed by atoms with Gasteiger partial charge in [-0.15, -0.1) is 13.2 Å². The van der Waals surface area contributed by atoms with Crippen LogP contribution in [0.15, 0.2) is 54.6 Å². The fraction of sp³-hybridized carbons (Fsp3) is 0.368. The number of hydrogen-bond acceptors (Lipinski definition) is 3. The molecule has 3 rings (SSSR count). The summed E-state index contributed by atoms with van der Waals surface area (Å²) in [6.07, 6.45) is -3.30. The molecular formula is C19H19F3O3. The van der Waals surface area contributed by atoms with Gasteiger partial charge in [0.2, 0.25) is 0 Å². The summed E-state index contributed by atoms with van der Waals surface area (Å²) in [4.78, 5) is 0.